The summed E-state index contributed by atoms with van der Waals surface area (Å²) in [6.07, 6.45) is 3.60. The number of carbonyl (C=O) groups is 3. The second-order valence-electron chi connectivity index (χ2n) is 6.56. The van der Waals surface area contributed by atoms with Crippen molar-refractivity contribution in [2.24, 2.45) is 5.73 Å². The largest absolute Gasteiger partial charge is 0.368 e. The Bertz CT molecular complexity index is 1180. The van der Waals surface area contributed by atoms with Crippen molar-refractivity contribution in [2.45, 2.75) is 6.54 Å². The minimum Gasteiger partial charge on any atom is -0.368 e. The zero-order valence-electron chi connectivity index (χ0n) is 15.2. The van der Waals surface area contributed by atoms with E-state index in [1.165, 1.54) is 0 Å². The molecular weight excluding hydrogens is 410 g/mol. The van der Waals surface area contributed by atoms with E-state index in [-0.39, 0.29) is 4.91 Å². The number of rotatable bonds is 5. The molecular formula is C21H16ClN3O3S. The van der Waals surface area contributed by atoms with Crippen LogP contribution in [0.2, 0.25) is 5.02 Å². The molecule has 2 N–H and O–H groups in total. The van der Waals surface area contributed by atoms with E-state index in [1.807, 2.05) is 54.7 Å². The number of thioether (sulfide) groups is 1. The number of imide groups is 1. The fraction of sp³-hybridized carbons (Fsp3) is 0.0952. The van der Waals surface area contributed by atoms with E-state index in [1.54, 1.807) is 6.08 Å². The van der Waals surface area contributed by atoms with Crippen molar-refractivity contribution in [3.05, 3.63) is 75.8 Å². The van der Waals surface area contributed by atoms with Crippen LogP contribution in [-0.4, -0.2) is 33.1 Å². The third-order valence-electron chi connectivity index (χ3n) is 4.59. The van der Waals surface area contributed by atoms with E-state index in [4.69, 9.17) is 17.3 Å². The first-order chi connectivity index (χ1) is 13.9. The standard InChI is InChI=1S/C21H16ClN3O3S/c22-16-7-3-1-5-13(16)10-24-11-14(15-6-2-4-8-17(15)24)9-18-20(27)25(12-19(23)26)21(28)29-18/h1-9,11H,10,12H2,(H2,23,26)/b18-9-. The number of hydrogen-bond acceptors (Lipinski definition) is 4. The molecule has 3 amide bonds. The smallest absolute Gasteiger partial charge is 0.294 e. The van der Waals surface area contributed by atoms with Crippen LogP contribution in [0.3, 0.4) is 0 Å². The molecule has 1 aliphatic heterocycles. The monoisotopic (exact) mass is 425 g/mol. The number of benzene rings is 2. The summed E-state index contributed by atoms with van der Waals surface area (Å²) in [6.45, 7) is 0.146. The van der Waals surface area contributed by atoms with Crippen LogP contribution in [-0.2, 0) is 16.1 Å². The van der Waals surface area contributed by atoms with Crippen LogP contribution in [0.4, 0.5) is 4.79 Å². The van der Waals surface area contributed by atoms with E-state index in [2.05, 4.69) is 4.57 Å². The van der Waals surface area contributed by atoms with Gasteiger partial charge in [-0.25, -0.2) is 0 Å². The van der Waals surface area contributed by atoms with E-state index < -0.39 is 23.6 Å². The summed E-state index contributed by atoms with van der Waals surface area (Å²) < 4.78 is 2.05. The zero-order chi connectivity index (χ0) is 20.5. The topological polar surface area (TPSA) is 85.4 Å². The lowest BCUT2D eigenvalue weighted by atomic mass is 10.1. The Morgan fingerprint density at radius 1 is 1.10 bits per heavy atom. The molecule has 1 aromatic heterocycles. The number of carbonyl (C=O) groups excluding carboxylic acids is 3. The molecule has 2 heterocycles. The Morgan fingerprint density at radius 2 is 1.83 bits per heavy atom. The number of primary amides is 1. The van der Waals surface area contributed by atoms with Crippen molar-refractivity contribution in [3.8, 4) is 0 Å². The molecule has 0 saturated carbocycles. The highest BCUT2D eigenvalue weighted by atomic mass is 35.5. The van der Waals surface area contributed by atoms with Crippen LogP contribution in [0, 0.1) is 0 Å². The highest BCUT2D eigenvalue weighted by molar-refractivity contribution is 8.18. The molecule has 29 heavy (non-hydrogen) atoms. The third kappa shape index (κ3) is 3.79. The van der Waals surface area contributed by atoms with E-state index in [0.29, 0.717) is 11.6 Å². The molecule has 0 atom stereocenters. The Morgan fingerprint density at radius 3 is 2.59 bits per heavy atom. The number of nitrogens with zero attached hydrogens (tertiary/aromatic N) is 2. The molecule has 0 spiro atoms. The number of fused-ring (bicyclic) bond motifs is 1. The van der Waals surface area contributed by atoms with Crippen LogP contribution in [0.5, 0.6) is 0 Å². The lowest BCUT2D eigenvalue weighted by Crippen LogP contribution is -2.36. The fourth-order valence-electron chi connectivity index (χ4n) is 3.26. The molecule has 6 nitrogen and oxygen atoms in total. The van der Waals surface area contributed by atoms with Gasteiger partial charge >= 0.3 is 0 Å². The van der Waals surface area contributed by atoms with Crippen molar-refractivity contribution in [3.63, 3.8) is 0 Å². The second-order valence-corrected chi connectivity index (χ2v) is 7.96. The highest BCUT2D eigenvalue weighted by Gasteiger charge is 2.36. The van der Waals surface area contributed by atoms with Crippen LogP contribution in [0.25, 0.3) is 17.0 Å². The number of hydrogen-bond donors (Lipinski definition) is 1. The SMILES string of the molecule is NC(=O)CN1C(=O)S/C(=C\c2cn(Cc3ccccc3Cl)c3ccccc23)C1=O. The van der Waals surface area contributed by atoms with Crippen molar-refractivity contribution >= 4 is 57.4 Å². The molecule has 1 saturated heterocycles. The van der Waals surface area contributed by atoms with Crippen molar-refractivity contribution in [1.82, 2.24) is 9.47 Å². The summed E-state index contributed by atoms with van der Waals surface area (Å²) >= 11 is 7.11. The van der Waals surface area contributed by atoms with Gasteiger partial charge in [0.1, 0.15) is 6.54 Å². The number of para-hydroxylation sites is 1. The highest BCUT2D eigenvalue weighted by Crippen LogP contribution is 2.34. The van der Waals surface area contributed by atoms with Crippen LogP contribution in [0.15, 0.2) is 59.6 Å². The minimum absolute atomic E-state index is 0.261. The molecule has 2 aromatic carbocycles. The molecule has 0 radical (unpaired) electrons. The molecule has 1 fully saturated rings. The van der Waals surface area contributed by atoms with Gasteiger partial charge in [0.2, 0.25) is 5.91 Å². The normalized spacial score (nSPS) is 15.6. The van der Waals surface area contributed by atoms with Gasteiger partial charge < -0.3 is 10.3 Å². The Balaban J connectivity index is 1.73. The predicted molar refractivity (Wildman–Crippen MR) is 114 cm³/mol. The average Bonchev–Trinajstić information content (AvgIpc) is 3.16. The van der Waals surface area contributed by atoms with Crippen molar-refractivity contribution in [2.75, 3.05) is 6.54 Å². The van der Waals surface area contributed by atoms with Crippen LogP contribution in [0.1, 0.15) is 11.1 Å². The molecule has 8 heteroatoms. The van der Waals surface area contributed by atoms with Crippen LogP contribution < -0.4 is 5.73 Å². The molecule has 3 aromatic rings. The van der Waals surface area contributed by atoms with E-state index >= 15 is 0 Å². The molecule has 0 aliphatic carbocycles. The maximum absolute atomic E-state index is 12.5. The molecule has 0 unspecified atom stereocenters. The summed E-state index contributed by atoms with van der Waals surface area (Å²) in [4.78, 5) is 36.8. The first-order valence-corrected chi connectivity index (χ1v) is 9.98. The van der Waals surface area contributed by atoms with E-state index in [9.17, 15) is 14.4 Å². The maximum atomic E-state index is 12.5. The van der Waals surface area contributed by atoms with Crippen molar-refractivity contribution < 1.29 is 14.4 Å². The summed E-state index contributed by atoms with van der Waals surface area (Å²) in [7, 11) is 0. The number of amides is 3. The fourth-order valence-corrected chi connectivity index (χ4v) is 4.29. The predicted octanol–water partition coefficient (Wildman–Crippen LogP) is 3.86. The molecule has 4 rings (SSSR count). The lowest BCUT2D eigenvalue weighted by Gasteiger charge is -2.08. The van der Waals surface area contributed by atoms with Crippen LogP contribution >= 0.6 is 23.4 Å². The summed E-state index contributed by atoms with van der Waals surface area (Å²) in [5.41, 5.74) is 7.89. The first kappa shape index (κ1) is 19.3. The van der Waals surface area contributed by atoms with Gasteiger partial charge in [0.15, 0.2) is 0 Å². The number of nitrogens with two attached hydrogens (primary N) is 1. The van der Waals surface area contributed by atoms with Gasteiger partial charge in [-0.3, -0.25) is 19.3 Å². The van der Waals surface area contributed by atoms with Gasteiger partial charge in [0, 0.05) is 34.2 Å². The maximum Gasteiger partial charge on any atom is 0.294 e. The average molecular weight is 426 g/mol. The summed E-state index contributed by atoms with van der Waals surface area (Å²) in [5, 5.41) is 1.13. The van der Waals surface area contributed by atoms with Gasteiger partial charge in [-0.05, 0) is 35.5 Å². The molecule has 146 valence electrons. The Labute approximate surface area is 175 Å². The Kier molecular flexibility index (Phi) is 5.17. The number of halogens is 1. The molecule has 1 aliphatic rings. The van der Waals surface area contributed by atoms with Gasteiger partial charge in [0.05, 0.1) is 4.91 Å². The summed E-state index contributed by atoms with van der Waals surface area (Å²) in [5.74, 6) is -1.24. The van der Waals surface area contributed by atoms with Gasteiger partial charge in [-0.15, -0.1) is 0 Å². The lowest BCUT2D eigenvalue weighted by molar-refractivity contribution is -0.127. The van der Waals surface area contributed by atoms with Gasteiger partial charge in [-0.1, -0.05) is 48.0 Å². The Hall–Kier alpha value is -3.03. The third-order valence-corrected chi connectivity index (χ3v) is 5.87. The minimum atomic E-state index is -0.732. The molecule has 0 bridgehead atoms. The number of aromatic nitrogens is 1. The van der Waals surface area contributed by atoms with Gasteiger partial charge in [-0.2, -0.15) is 0 Å². The quantitative estimate of drug-likeness (QED) is 0.629. The van der Waals surface area contributed by atoms with Crippen molar-refractivity contribution in [1.29, 1.82) is 0 Å². The zero-order valence-corrected chi connectivity index (χ0v) is 16.7. The first-order valence-electron chi connectivity index (χ1n) is 8.79. The summed E-state index contributed by atoms with van der Waals surface area (Å²) in [6, 6.07) is 15.4. The van der Waals surface area contributed by atoms with Gasteiger partial charge in [0.25, 0.3) is 11.1 Å². The second kappa shape index (κ2) is 7.77. The van der Waals surface area contributed by atoms with E-state index in [0.717, 1.165) is 38.7 Å².